The molecule has 0 fully saturated rings. The topological polar surface area (TPSA) is 109 Å². The van der Waals surface area contributed by atoms with E-state index in [0.29, 0.717) is 5.56 Å². The van der Waals surface area contributed by atoms with Crippen molar-refractivity contribution in [2.75, 3.05) is 0 Å². The van der Waals surface area contributed by atoms with E-state index >= 15 is 0 Å². The molecule has 0 aliphatic heterocycles. The number of nitrogens with two attached hydrogens (primary N) is 1. The van der Waals surface area contributed by atoms with Gasteiger partial charge in [0.05, 0.1) is 5.92 Å². The summed E-state index contributed by atoms with van der Waals surface area (Å²) in [6.07, 6.45) is 2.88. The third kappa shape index (κ3) is 5.10. The fraction of sp³-hybridized carbons (Fsp3) is 0.267. The molecule has 2 amide bonds. The Morgan fingerprint density at radius 3 is 2.24 bits per heavy atom. The first-order valence-corrected chi connectivity index (χ1v) is 6.42. The molecular weight excluding hydrogens is 272 g/mol. The predicted molar refractivity (Wildman–Crippen MR) is 78.4 cm³/mol. The largest absolute Gasteiger partial charge is 0.481 e. The van der Waals surface area contributed by atoms with Gasteiger partial charge in [-0.05, 0) is 37.6 Å². The lowest BCUT2D eigenvalue weighted by atomic mass is 10.0. The molecule has 21 heavy (non-hydrogen) atoms. The molecule has 0 aromatic heterocycles. The molecule has 0 aliphatic carbocycles. The number of nitrogens with one attached hydrogen (secondary N) is 1. The van der Waals surface area contributed by atoms with Crippen LogP contribution in [0.15, 0.2) is 30.3 Å². The van der Waals surface area contributed by atoms with Crippen LogP contribution in [0.2, 0.25) is 0 Å². The zero-order valence-corrected chi connectivity index (χ0v) is 11.9. The molecule has 2 unspecified atom stereocenters. The molecule has 1 rings (SSSR count). The van der Waals surface area contributed by atoms with Crippen LogP contribution in [0.25, 0.3) is 6.08 Å². The summed E-state index contributed by atoms with van der Waals surface area (Å²) in [4.78, 5) is 33.4. The first-order valence-electron chi connectivity index (χ1n) is 6.42. The number of benzene rings is 1. The van der Waals surface area contributed by atoms with E-state index in [1.165, 1.54) is 13.0 Å². The van der Waals surface area contributed by atoms with Gasteiger partial charge in [0.25, 0.3) is 0 Å². The number of carboxylic acid groups (broad SMARTS) is 1. The quantitative estimate of drug-likeness (QED) is 0.679. The average molecular weight is 290 g/mol. The molecule has 0 saturated heterocycles. The van der Waals surface area contributed by atoms with Crippen LogP contribution in [-0.2, 0) is 9.59 Å². The maximum absolute atomic E-state index is 11.7. The van der Waals surface area contributed by atoms with Crippen LogP contribution in [0.3, 0.4) is 0 Å². The van der Waals surface area contributed by atoms with Gasteiger partial charge >= 0.3 is 5.97 Å². The Hall–Kier alpha value is -2.63. The summed E-state index contributed by atoms with van der Waals surface area (Å²) in [5.41, 5.74) is 6.24. The highest BCUT2D eigenvalue weighted by molar-refractivity contribution is 5.94. The summed E-state index contributed by atoms with van der Waals surface area (Å²) in [5, 5.41) is 11.4. The van der Waals surface area contributed by atoms with E-state index in [9.17, 15) is 14.4 Å². The van der Waals surface area contributed by atoms with Gasteiger partial charge in [-0.15, -0.1) is 0 Å². The smallest absolute Gasteiger partial charge is 0.308 e. The van der Waals surface area contributed by atoms with Gasteiger partial charge in [0.1, 0.15) is 0 Å². The predicted octanol–water partition coefficient (Wildman–Crippen LogP) is 1.02. The molecule has 1 aromatic carbocycles. The van der Waals surface area contributed by atoms with Crippen molar-refractivity contribution in [3.8, 4) is 0 Å². The maximum Gasteiger partial charge on any atom is 0.308 e. The second kappa shape index (κ2) is 7.23. The first-order chi connectivity index (χ1) is 9.81. The molecule has 4 N–H and O–H groups in total. The Morgan fingerprint density at radius 2 is 1.76 bits per heavy atom. The van der Waals surface area contributed by atoms with Crippen LogP contribution in [0.4, 0.5) is 0 Å². The molecule has 6 nitrogen and oxygen atoms in total. The number of carbonyl (C=O) groups excluding carboxylic acids is 2. The van der Waals surface area contributed by atoms with E-state index in [-0.39, 0.29) is 5.91 Å². The van der Waals surface area contributed by atoms with Crippen molar-refractivity contribution in [3.05, 3.63) is 41.5 Å². The van der Waals surface area contributed by atoms with Crippen molar-refractivity contribution in [2.24, 2.45) is 11.7 Å². The highest BCUT2D eigenvalue weighted by atomic mass is 16.4. The summed E-state index contributed by atoms with van der Waals surface area (Å²) in [6, 6.07) is 5.97. The van der Waals surface area contributed by atoms with Gasteiger partial charge in [-0.3, -0.25) is 14.4 Å². The number of carboxylic acids is 1. The Balaban J connectivity index is 2.61. The van der Waals surface area contributed by atoms with Crippen molar-refractivity contribution in [1.82, 2.24) is 5.32 Å². The zero-order chi connectivity index (χ0) is 16.0. The second-order valence-electron chi connectivity index (χ2n) is 4.74. The Labute approximate surface area is 122 Å². The minimum Gasteiger partial charge on any atom is -0.481 e. The van der Waals surface area contributed by atoms with Gasteiger partial charge in [-0.25, -0.2) is 0 Å². The van der Waals surface area contributed by atoms with Crippen LogP contribution in [0.1, 0.15) is 29.8 Å². The number of carbonyl (C=O) groups is 3. The molecule has 0 radical (unpaired) electrons. The Bertz CT molecular complexity index is 564. The first kappa shape index (κ1) is 16.4. The molecule has 0 bridgehead atoms. The molecule has 112 valence electrons. The minimum absolute atomic E-state index is 0.380. The molecule has 0 saturated carbocycles. The third-order valence-electron chi connectivity index (χ3n) is 3.13. The third-order valence-corrected chi connectivity index (χ3v) is 3.13. The molecule has 0 aliphatic rings. The lowest BCUT2D eigenvalue weighted by Crippen LogP contribution is -2.39. The molecule has 2 atom stereocenters. The van der Waals surface area contributed by atoms with Crippen molar-refractivity contribution in [2.45, 2.75) is 19.9 Å². The number of aliphatic carboxylic acids is 1. The second-order valence-corrected chi connectivity index (χ2v) is 4.74. The highest BCUT2D eigenvalue weighted by Gasteiger charge is 2.19. The Morgan fingerprint density at radius 1 is 1.19 bits per heavy atom. The summed E-state index contributed by atoms with van der Waals surface area (Å²) in [6.45, 7) is 3.16. The van der Waals surface area contributed by atoms with Gasteiger partial charge in [-0.2, -0.15) is 0 Å². The van der Waals surface area contributed by atoms with Gasteiger partial charge in [-0.1, -0.05) is 12.1 Å². The number of rotatable bonds is 6. The van der Waals surface area contributed by atoms with E-state index in [0.717, 1.165) is 5.56 Å². The molecule has 0 spiro atoms. The number of hydrogen-bond donors (Lipinski definition) is 3. The maximum atomic E-state index is 11.7. The van der Waals surface area contributed by atoms with Gasteiger partial charge in [0, 0.05) is 17.7 Å². The van der Waals surface area contributed by atoms with Crippen molar-refractivity contribution in [3.63, 3.8) is 0 Å². The van der Waals surface area contributed by atoms with Gasteiger partial charge < -0.3 is 16.2 Å². The normalized spacial score (nSPS) is 13.6. The van der Waals surface area contributed by atoms with Gasteiger partial charge in [0.15, 0.2) is 0 Å². The van der Waals surface area contributed by atoms with E-state index < -0.39 is 23.8 Å². The van der Waals surface area contributed by atoms with E-state index in [1.807, 2.05) is 0 Å². The molecular formula is C15H18N2O4. The summed E-state index contributed by atoms with van der Waals surface area (Å²) >= 11 is 0. The van der Waals surface area contributed by atoms with Gasteiger partial charge in [0.2, 0.25) is 11.8 Å². The van der Waals surface area contributed by atoms with Crippen molar-refractivity contribution < 1.29 is 19.5 Å². The van der Waals surface area contributed by atoms with Crippen molar-refractivity contribution >= 4 is 23.9 Å². The van der Waals surface area contributed by atoms with Crippen LogP contribution in [-0.4, -0.2) is 28.9 Å². The number of amides is 2. The molecule has 6 heteroatoms. The van der Waals surface area contributed by atoms with Crippen LogP contribution >= 0.6 is 0 Å². The van der Waals surface area contributed by atoms with Crippen LogP contribution in [0, 0.1) is 5.92 Å². The van der Waals surface area contributed by atoms with Crippen LogP contribution in [0.5, 0.6) is 0 Å². The zero-order valence-electron chi connectivity index (χ0n) is 11.9. The minimum atomic E-state index is -0.964. The van der Waals surface area contributed by atoms with E-state index in [2.05, 4.69) is 5.32 Å². The van der Waals surface area contributed by atoms with E-state index in [1.54, 1.807) is 37.3 Å². The van der Waals surface area contributed by atoms with Crippen molar-refractivity contribution in [1.29, 1.82) is 0 Å². The fourth-order valence-electron chi connectivity index (χ4n) is 1.54. The number of primary amides is 1. The molecule has 0 heterocycles. The van der Waals surface area contributed by atoms with Crippen LogP contribution < -0.4 is 11.1 Å². The summed E-state index contributed by atoms with van der Waals surface area (Å²) < 4.78 is 0. The average Bonchev–Trinajstić information content (AvgIpc) is 2.44. The standard InChI is InChI=1S/C15H18N2O4/c1-9(15(20)21)10(2)17-13(18)8-5-11-3-6-12(7-4-11)14(16)19/h3-10H,1-2H3,(H2,16,19)(H,17,18)(H,20,21)/b8-5+. The SMILES string of the molecule is CC(NC(=O)/C=C/c1ccc(C(N)=O)cc1)C(C)C(=O)O. The summed E-state index contributed by atoms with van der Waals surface area (Å²) in [7, 11) is 0. The monoisotopic (exact) mass is 290 g/mol. The molecule has 1 aromatic rings. The lowest BCUT2D eigenvalue weighted by Gasteiger charge is -2.16. The summed E-state index contributed by atoms with van der Waals surface area (Å²) in [5.74, 6) is -2.53. The Kier molecular flexibility index (Phi) is 5.66. The highest BCUT2D eigenvalue weighted by Crippen LogP contribution is 2.06. The fourth-order valence-corrected chi connectivity index (χ4v) is 1.54. The lowest BCUT2D eigenvalue weighted by molar-refractivity contribution is -0.142. The van der Waals surface area contributed by atoms with E-state index in [4.69, 9.17) is 10.8 Å². The number of hydrogen-bond acceptors (Lipinski definition) is 3.